The summed E-state index contributed by atoms with van der Waals surface area (Å²) in [6.07, 6.45) is 3.24. The Bertz CT molecular complexity index is 296. The molecule has 0 aromatic heterocycles. The number of urea groups is 1. The number of hydrogen-bond acceptors (Lipinski definition) is 3. The summed E-state index contributed by atoms with van der Waals surface area (Å²) in [5.41, 5.74) is 0. The topological polar surface area (TPSA) is 98.7 Å². The zero-order chi connectivity index (χ0) is 13.5. The van der Waals surface area contributed by atoms with E-state index in [9.17, 15) is 9.59 Å². The Morgan fingerprint density at radius 1 is 1.28 bits per heavy atom. The van der Waals surface area contributed by atoms with Crippen molar-refractivity contribution in [3.05, 3.63) is 0 Å². The molecule has 1 aliphatic rings. The van der Waals surface area contributed by atoms with Crippen LogP contribution in [0, 0.1) is 11.8 Å². The Morgan fingerprint density at radius 3 is 2.56 bits per heavy atom. The van der Waals surface area contributed by atoms with E-state index in [4.69, 9.17) is 10.2 Å². The first-order valence-corrected chi connectivity index (χ1v) is 6.43. The lowest BCUT2D eigenvalue weighted by Gasteiger charge is -2.28. The molecule has 6 nitrogen and oxygen atoms in total. The number of amides is 2. The van der Waals surface area contributed by atoms with E-state index in [1.54, 1.807) is 0 Å². The molecule has 1 rings (SSSR count). The van der Waals surface area contributed by atoms with E-state index < -0.39 is 18.1 Å². The minimum Gasteiger partial charge on any atom is -0.479 e. The third kappa shape index (κ3) is 4.91. The molecule has 1 aliphatic carbocycles. The summed E-state index contributed by atoms with van der Waals surface area (Å²) in [7, 11) is 0. The number of carboxylic acid groups (broad SMARTS) is 1. The molecule has 0 bridgehead atoms. The van der Waals surface area contributed by atoms with Gasteiger partial charge in [-0.25, -0.2) is 9.59 Å². The number of rotatable bonds is 5. The Balaban J connectivity index is 2.18. The largest absolute Gasteiger partial charge is 0.479 e. The van der Waals surface area contributed by atoms with Gasteiger partial charge in [-0.2, -0.15) is 0 Å². The van der Waals surface area contributed by atoms with Gasteiger partial charge in [-0.1, -0.05) is 26.2 Å². The predicted octanol–water partition coefficient (Wildman–Crippen LogP) is 0.557. The third-order valence-electron chi connectivity index (χ3n) is 3.55. The fourth-order valence-corrected chi connectivity index (χ4v) is 2.26. The van der Waals surface area contributed by atoms with Crippen molar-refractivity contribution in [2.75, 3.05) is 13.1 Å². The lowest BCUT2D eigenvalue weighted by Crippen LogP contribution is -2.44. The summed E-state index contributed by atoms with van der Waals surface area (Å²) in [5, 5.41) is 22.5. The van der Waals surface area contributed by atoms with Gasteiger partial charge in [-0.3, -0.25) is 0 Å². The molecule has 18 heavy (non-hydrogen) atoms. The van der Waals surface area contributed by atoms with Crippen LogP contribution in [0.5, 0.6) is 0 Å². The summed E-state index contributed by atoms with van der Waals surface area (Å²) in [5.74, 6) is -0.228. The molecule has 2 unspecified atom stereocenters. The van der Waals surface area contributed by atoms with E-state index in [1.165, 1.54) is 19.3 Å². The molecular formula is C12H22N2O4. The molecule has 4 N–H and O–H groups in total. The monoisotopic (exact) mass is 258 g/mol. The third-order valence-corrected chi connectivity index (χ3v) is 3.55. The second-order valence-corrected chi connectivity index (χ2v) is 4.97. The minimum atomic E-state index is -1.55. The Morgan fingerprint density at radius 2 is 1.94 bits per heavy atom. The van der Waals surface area contributed by atoms with Gasteiger partial charge in [0.1, 0.15) is 0 Å². The van der Waals surface area contributed by atoms with Gasteiger partial charge in [0.15, 0.2) is 6.10 Å². The van der Waals surface area contributed by atoms with Crippen molar-refractivity contribution in [1.29, 1.82) is 0 Å². The fourth-order valence-electron chi connectivity index (χ4n) is 2.26. The second kappa shape index (κ2) is 7.20. The highest BCUT2D eigenvalue weighted by atomic mass is 16.4. The van der Waals surface area contributed by atoms with Crippen LogP contribution in [0.3, 0.4) is 0 Å². The van der Waals surface area contributed by atoms with E-state index in [0.29, 0.717) is 18.4 Å². The van der Waals surface area contributed by atoms with E-state index in [1.807, 2.05) is 0 Å². The number of carboxylic acids is 1. The quantitative estimate of drug-likeness (QED) is 0.579. The Kier molecular flexibility index (Phi) is 5.91. The number of aliphatic carboxylic acids is 1. The number of carbonyl (C=O) groups is 2. The van der Waals surface area contributed by atoms with Crippen molar-refractivity contribution in [3.8, 4) is 0 Å². The Hall–Kier alpha value is -1.30. The lowest BCUT2D eigenvalue weighted by atomic mass is 9.80. The standard InChI is InChI=1S/C12H22N2O4/c1-8-4-2-3-5-9(8)6-13-12(18)14-7-10(15)11(16)17/h8-10,15H,2-7H2,1H3,(H,16,17)(H2,13,14,18)/t8?,9?,10-/m0/s1. The molecule has 0 aliphatic heterocycles. The van der Waals surface area contributed by atoms with Crippen molar-refractivity contribution in [2.45, 2.75) is 38.7 Å². The molecule has 0 spiro atoms. The van der Waals surface area contributed by atoms with Gasteiger partial charge >= 0.3 is 12.0 Å². The van der Waals surface area contributed by atoms with Crippen LogP contribution in [-0.4, -0.2) is 41.4 Å². The van der Waals surface area contributed by atoms with E-state index in [-0.39, 0.29) is 6.54 Å². The molecule has 6 heteroatoms. The number of hydrogen-bond donors (Lipinski definition) is 4. The molecule has 104 valence electrons. The van der Waals surface area contributed by atoms with E-state index >= 15 is 0 Å². The first-order valence-electron chi connectivity index (χ1n) is 6.43. The number of aliphatic hydroxyl groups is 1. The highest BCUT2D eigenvalue weighted by molar-refractivity contribution is 5.76. The van der Waals surface area contributed by atoms with Crippen molar-refractivity contribution < 1.29 is 19.8 Å². The predicted molar refractivity (Wildman–Crippen MR) is 66.2 cm³/mol. The van der Waals surface area contributed by atoms with Crippen molar-refractivity contribution in [1.82, 2.24) is 10.6 Å². The number of aliphatic hydroxyl groups excluding tert-OH is 1. The maximum Gasteiger partial charge on any atom is 0.334 e. The van der Waals surface area contributed by atoms with Crippen LogP contribution in [0.25, 0.3) is 0 Å². The molecule has 1 saturated carbocycles. The Labute approximate surface area is 107 Å². The average Bonchev–Trinajstić information content (AvgIpc) is 2.34. The van der Waals surface area contributed by atoms with Gasteiger partial charge < -0.3 is 20.8 Å². The minimum absolute atomic E-state index is 0.276. The van der Waals surface area contributed by atoms with Crippen LogP contribution < -0.4 is 10.6 Å². The van der Waals surface area contributed by atoms with Crippen LogP contribution in [0.1, 0.15) is 32.6 Å². The van der Waals surface area contributed by atoms with E-state index in [2.05, 4.69) is 17.6 Å². The van der Waals surface area contributed by atoms with Crippen molar-refractivity contribution in [3.63, 3.8) is 0 Å². The maximum absolute atomic E-state index is 11.4. The smallest absolute Gasteiger partial charge is 0.334 e. The van der Waals surface area contributed by atoms with Crippen LogP contribution >= 0.6 is 0 Å². The van der Waals surface area contributed by atoms with Gasteiger partial charge in [0.25, 0.3) is 0 Å². The van der Waals surface area contributed by atoms with E-state index in [0.717, 1.165) is 6.42 Å². The van der Waals surface area contributed by atoms with Crippen molar-refractivity contribution in [2.24, 2.45) is 11.8 Å². The molecule has 0 radical (unpaired) electrons. The summed E-state index contributed by atoms with van der Waals surface area (Å²) in [6, 6.07) is -0.423. The zero-order valence-electron chi connectivity index (χ0n) is 10.7. The van der Waals surface area contributed by atoms with Gasteiger partial charge in [0.2, 0.25) is 0 Å². The first-order chi connectivity index (χ1) is 8.50. The molecule has 0 aromatic rings. The summed E-state index contributed by atoms with van der Waals surface area (Å²) >= 11 is 0. The molecule has 1 fully saturated rings. The van der Waals surface area contributed by atoms with Gasteiger partial charge in [-0.15, -0.1) is 0 Å². The normalized spacial score (nSPS) is 25.2. The lowest BCUT2D eigenvalue weighted by molar-refractivity contribution is -0.146. The summed E-state index contributed by atoms with van der Waals surface area (Å²) < 4.78 is 0. The van der Waals surface area contributed by atoms with Crippen LogP contribution in [0.15, 0.2) is 0 Å². The molecule has 0 aromatic carbocycles. The van der Waals surface area contributed by atoms with Crippen LogP contribution in [-0.2, 0) is 4.79 Å². The summed E-state index contributed by atoms with van der Waals surface area (Å²) in [4.78, 5) is 21.7. The molecule has 0 saturated heterocycles. The van der Waals surface area contributed by atoms with Gasteiger partial charge in [-0.05, 0) is 18.3 Å². The zero-order valence-corrected chi connectivity index (χ0v) is 10.7. The first kappa shape index (κ1) is 14.8. The summed E-state index contributed by atoms with van der Waals surface area (Å²) in [6.45, 7) is 2.52. The molecule has 0 heterocycles. The number of carbonyl (C=O) groups excluding carboxylic acids is 1. The van der Waals surface area contributed by atoms with Crippen molar-refractivity contribution >= 4 is 12.0 Å². The fraction of sp³-hybridized carbons (Fsp3) is 0.833. The highest BCUT2D eigenvalue weighted by Gasteiger charge is 2.21. The SMILES string of the molecule is CC1CCCCC1CNC(=O)NC[C@H](O)C(=O)O. The average molecular weight is 258 g/mol. The second-order valence-electron chi connectivity index (χ2n) is 4.97. The molecule has 3 atom stereocenters. The number of nitrogens with one attached hydrogen (secondary N) is 2. The molecule has 2 amide bonds. The molecular weight excluding hydrogens is 236 g/mol. The van der Waals surface area contributed by atoms with Gasteiger partial charge in [0, 0.05) is 6.54 Å². The highest BCUT2D eigenvalue weighted by Crippen LogP contribution is 2.28. The van der Waals surface area contributed by atoms with Gasteiger partial charge in [0.05, 0.1) is 6.54 Å². The van der Waals surface area contributed by atoms with Crippen LogP contribution in [0.4, 0.5) is 4.79 Å². The van der Waals surface area contributed by atoms with Crippen LogP contribution in [0.2, 0.25) is 0 Å². The maximum atomic E-state index is 11.4.